The first-order valence-electron chi connectivity index (χ1n) is 8.42. The third kappa shape index (κ3) is 3.41. The van der Waals surface area contributed by atoms with E-state index in [1.807, 2.05) is 37.3 Å². The van der Waals surface area contributed by atoms with Crippen LogP contribution in [0.15, 0.2) is 82.8 Å². The van der Waals surface area contributed by atoms with Gasteiger partial charge < -0.3 is 0 Å². The van der Waals surface area contributed by atoms with Gasteiger partial charge in [0.25, 0.3) is 0 Å². The SMILES string of the molecule is C/C(=N\C(Cl)=NCc1cccc2c1sc1ccccc12)c1ccccc1. The van der Waals surface area contributed by atoms with E-state index in [0.717, 1.165) is 11.3 Å². The molecule has 2 nitrogen and oxygen atoms in total. The van der Waals surface area contributed by atoms with E-state index in [0.29, 0.717) is 6.54 Å². The Morgan fingerprint density at radius 3 is 2.46 bits per heavy atom. The summed E-state index contributed by atoms with van der Waals surface area (Å²) >= 11 is 8.07. The minimum atomic E-state index is 0.282. The highest BCUT2D eigenvalue weighted by atomic mass is 35.5. The molecule has 3 aromatic carbocycles. The van der Waals surface area contributed by atoms with Gasteiger partial charge in [-0.1, -0.05) is 66.7 Å². The van der Waals surface area contributed by atoms with Crippen molar-refractivity contribution in [1.82, 2.24) is 0 Å². The van der Waals surface area contributed by atoms with Crippen molar-refractivity contribution >= 4 is 54.1 Å². The minimum absolute atomic E-state index is 0.282. The van der Waals surface area contributed by atoms with Crippen LogP contribution in [0.3, 0.4) is 0 Å². The van der Waals surface area contributed by atoms with Crippen molar-refractivity contribution in [2.24, 2.45) is 9.98 Å². The maximum Gasteiger partial charge on any atom is 0.218 e. The van der Waals surface area contributed by atoms with Crippen LogP contribution in [0.2, 0.25) is 0 Å². The molecule has 0 bridgehead atoms. The first-order chi connectivity index (χ1) is 12.7. The van der Waals surface area contributed by atoms with Crippen molar-refractivity contribution in [2.75, 3.05) is 0 Å². The monoisotopic (exact) mass is 376 g/mol. The van der Waals surface area contributed by atoms with Crippen LogP contribution < -0.4 is 0 Å². The molecule has 0 N–H and O–H groups in total. The van der Waals surface area contributed by atoms with Gasteiger partial charge >= 0.3 is 0 Å². The number of rotatable bonds is 3. The Balaban J connectivity index is 1.64. The van der Waals surface area contributed by atoms with Crippen LogP contribution in [-0.2, 0) is 6.54 Å². The van der Waals surface area contributed by atoms with Gasteiger partial charge in [-0.3, -0.25) is 4.99 Å². The maximum atomic E-state index is 6.27. The van der Waals surface area contributed by atoms with E-state index in [1.54, 1.807) is 11.3 Å². The zero-order chi connectivity index (χ0) is 17.9. The first-order valence-corrected chi connectivity index (χ1v) is 9.61. The van der Waals surface area contributed by atoms with Crippen LogP contribution >= 0.6 is 22.9 Å². The highest BCUT2D eigenvalue weighted by Gasteiger charge is 2.08. The molecule has 0 unspecified atom stereocenters. The largest absolute Gasteiger partial charge is 0.251 e. The quantitative estimate of drug-likeness (QED) is 0.217. The van der Waals surface area contributed by atoms with E-state index >= 15 is 0 Å². The van der Waals surface area contributed by atoms with Gasteiger partial charge in [-0.15, -0.1) is 11.3 Å². The summed E-state index contributed by atoms with van der Waals surface area (Å²) in [5, 5.41) is 2.85. The molecule has 4 aromatic rings. The maximum absolute atomic E-state index is 6.27. The fourth-order valence-electron chi connectivity index (χ4n) is 3.00. The van der Waals surface area contributed by atoms with Gasteiger partial charge in [0.15, 0.2) is 0 Å². The molecular formula is C22H17ClN2S. The van der Waals surface area contributed by atoms with Crippen LogP contribution in [0.5, 0.6) is 0 Å². The molecule has 0 aliphatic rings. The van der Waals surface area contributed by atoms with Gasteiger partial charge in [0.2, 0.25) is 5.29 Å². The van der Waals surface area contributed by atoms with E-state index in [4.69, 9.17) is 11.6 Å². The summed E-state index contributed by atoms with van der Waals surface area (Å²) in [5.41, 5.74) is 3.08. The third-order valence-corrected chi connectivity index (χ3v) is 5.78. The summed E-state index contributed by atoms with van der Waals surface area (Å²) < 4.78 is 2.56. The van der Waals surface area contributed by atoms with Gasteiger partial charge in [-0.25, -0.2) is 4.99 Å². The number of benzene rings is 3. The molecule has 0 aliphatic heterocycles. The standard InChI is InChI=1S/C22H17ClN2S/c1-15(16-8-3-2-4-9-16)25-22(23)24-14-17-10-7-12-19-18-11-5-6-13-20(18)26-21(17)19/h2-13H,14H2,1H3/b24-22?,25-15+. The number of hydrogen-bond acceptors (Lipinski definition) is 2. The Bertz CT molecular complexity index is 1130. The smallest absolute Gasteiger partial charge is 0.218 e. The fourth-order valence-corrected chi connectivity index (χ4v) is 4.39. The van der Waals surface area contributed by atoms with Crippen molar-refractivity contribution < 1.29 is 0 Å². The zero-order valence-electron chi connectivity index (χ0n) is 14.3. The second kappa shape index (κ2) is 7.40. The summed E-state index contributed by atoms with van der Waals surface area (Å²) in [5.74, 6) is 0. The molecule has 0 aliphatic carbocycles. The second-order valence-electron chi connectivity index (χ2n) is 6.04. The topological polar surface area (TPSA) is 24.7 Å². The predicted molar refractivity (Wildman–Crippen MR) is 115 cm³/mol. The molecule has 4 heteroatoms. The van der Waals surface area contributed by atoms with E-state index in [1.165, 1.54) is 25.7 Å². The van der Waals surface area contributed by atoms with Crippen molar-refractivity contribution in [3.05, 3.63) is 83.9 Å². The molecule has 0 amide bonds. The van der Waals surface area contributed by atoms with Gasteiger partial charge in [-0.05, 0) is 35.7 Å². The number of aliphatic imine (C=N–C) groups is 2. The van der Waals surface area contributed by atoms with E-state index in [2.05, 4.69) is 52.4 Å². The summed E-state index contributed by atoms with van der Waals surface area (Å²) in [6.45, 7) is 2.47. The van der Waals surface area contributed by atoms with Crippen LogP contribution in [0.1, 0.15) is 18.1 Å². The molecule has 0 spiro atoms. The molecule has 4 rings (SSSR count). The summed E-state index contributed by atoms with van der Waals surface area (Å²) in [7, 11) is 0. The first kappa shape index (κ1) is 17.0. The van der Waals surface area contributed by atoms with Crippen molar-refractivity contribution in [1.29, 1.82) is 0 Å². The average Bonchev–Trinajstić information content (AvgIpc) is 3.06. The number of thiophene rings is 1. The Labute approximate surface area is 161 Å². The van der Waals surface area contributed by atoms with Crippen LogP contribution in [0.25, 0.3) is 20.2 Å². The van der Waals surface area contributed by atoms with E-state index in [-0.39, 0.29) is 5.29 Å². The Morgan fingerprint density at radius 1 is 0.885 bits per heavy atom. The summed E-state index contributed by atoms with van der Waals surface area (Å²) in [4.78, 5) is 8.90. The zero-order valence-corrected chi connectivity index (χ0v) is 15.9. The Hall–Kier alpha value is -2.49. The summed E-state index contributed by atoms with van der Waals surface area (Å²) in [6, 6.07) is 24.8. The van der Waals surface area contributed by atoms with Crippen molar-refractivity contribution in [2.45, 2.75) is 13.5 Å². The predicted octanol–water partition coefficient (Wildman–Crippen LogP) is 6.66. The number of amidine groups is 1. The van der Waals surface area contributed by atoms with Gasteiger partial charge in [0.1, 0.15) is 0 Å². The number of hydrogen-bond donors (Lipinski definition) is 0. The van der Waals surface area contributed by atoms with E-state index in [9.17, 15) is 0 Å². The molecule has 0 radical (unpaired) electrons. The molecule has 128 valence electrons. The fraction of sp³-hybridized carbons (Fsp3) is 0.0909. The number of halogens is 1. The van der Waals surface area contributed by atoms with E-state index < -0.39 is 0 Å². The molecule has 1 heterocycles. The molecule has 26 heavy (non-hydrogen) atoms. The molecule has 0 saturated heterocycles. The molecule has 0 fully saturated rings. The molecule has 0 saturated carbocycles. The van der Waals surface area contributed by atoms with Crippen LogP contribution in [0, 0.1) is 0 Å². The van der Waals surface area contributed by atoms with Crippen molar-refractivity contribution in [3.8, 4) is 0 Å². The lowest BCUT2D eigenvalue weighted by Crippen LogP contribution is -1.97. The van der Waals surface area contributed by atoms with Crippen LogP contribution in [-0.4, -0.2) is 11.0 Å². The lowest BCUT2D eigenvalue weighted by Gasteiger charge is -2.01. The second-order valence-corrected chi connectivity index (χ2v) is 7.43. The summed E-state index contributed by atoms with van der Waals surface area (Å²) in [6.07, 6.45) is 0. The van der Waals surface area contributed by atoms with Crippen molar-refractivity contribution in [3.63, 3.8) is 0 Å². The Morgan fingerprint density at radius 2 is 1.62 bits per heavy atom. The minimum Gasteiger partial charge on any atom is -0.251 e. The number of nitrogens with zero attached hydrogens (tertiary/aromatic N) is 2. The normalized spacial score (nSPS) is 12.8. The molecule has 1 aromatic heterocycles. The van der Waals surface area contributed by atoms with Gasteiger partial charge in [0, 0.05) is 25.9 Å². The average molecular weight is 377 g/mol. The lowest BCUT2D eigenvalue weighted by atomic mass is 10.1. The lowest BCUT2D eigenvalue weighted by molar-refractivity contribution is 1.09. The van der Waals surface area contributed by atoms with Gasteiger partial charge in [-0.2, -0.15) is 0 Å². The highest BCUT2D eigenvalue weighted by Crippen LogP contribution is 2.35. The third-order valence-electron chi connectivity index (χ3n) is 4.32. The Kier molecular flexibility index (Phi) is 4.83. The molecule has 0 atom stereocenters. The van der Waals surface area contributed by atoms with Crippen LogP contribution in [0.4, 0.5) is 0 Å². The number of fused-ring (bicyclic) bond motifs is 3. The van der Waals surface area contributed by atoms with Gasteiger partial charge in [0.05, 0.1) is 6.54 Å². The molecular weight excluding hydrogens is 360 g/mol. The highest BCUT2D eigenvalue weighted by molar-refractivity contribution is 7.26.